The van der Waals surface area contributed by atoms with Crippen LogP contribution in [0.5, 0.6) is 0 Å². The second-order valence-corrected chi connectivity index (χ2v) is 7.70. The van der Waals surface area contributed by atoms with Crippen LogP contribution in [-0.4, -0.2) is 49.8 Å². The highest BCUT2D eigenvalue weighted by molar-refractivity contribution is 14.0. The van der Waals surface area contributed by atoms with Gasteiger partial charge in [-0.3, -0.25) is 9.79 Å². The van der Waals surface area contributed by atoms with Crippen LogP contribution in [0.25, 0.3) is 0 Å². The summed E-state index contributed by atoms with van der Waals surface area (Å²) in [5.41, 5.74) is 0.987. The summed E-state index contributed by atoms with van der Waals surface area (Å²) in [6.07, 6.45) is 9.19. The molecule has 1 heterocycles. The minimum Gasteiger partial charge on any atom is -0.459 e. The number of amides is 1. The van der Waals surface area contributed by atoms with E-state index in [0.29, 0.717) is 12.3 Å². The van der Waals surface area contributed by atoms with Gasteiger partial charge in [-0.2, -0.15) is 0 Å². The van der Waals surface area contributed by atoms with Crippen LogP contribution in [0.2, 0.25) is 0 Å². The normalized spacial score (nSPS) is 16.0. The Labute approximate surface area is 191 Å². The fourth-order valence-electron chi connectivity index (χ4n) is 3.80. The highest BCUT2D eigenvalue weighted by Crippen LogP contribution is 2.39. The first-order valence-corrected chi connectivity index (χ1v) is 10.6. The number of aliphatic hydroxyl groups is 1. The van der Waals surface area contributed by atoms with Crippen molar-refractivity contribution in [3.05, 3.63) is 23.7 Å². The maximum absolute atomic E-state index is 12.0. The molecule has 0 saturated heterocycles. The molecule has 0 aromatic carbocycles. The number of carbonyl (C=O) groups is 1. The first kappa shape index (κ1) is 25.7. The van der Waals surface area contributed by atoms with Crippen LogP contribution in [0, 0.1) is 12.3 Å². The third kappa shape index (κ3) is 8.54. The molecule has 1 aliphatic carbocycles. The van der Waals surface area contributed by atoms with Gasteiger partial charge in [-0.25, -0.2) is 0 Å². The van der Waals surface area contributed by atoms with E-state index in [2.05, 4.69) is 16.0 Å². The van der Waals surface area contributed by atoms with E-state index in [9.17, 15) is 9.90 Å². The lowest BCUT2D eigenvalue weighted by molar-refractivity contribution is 0.0925. The van der Waals surface area contributed by atoms with Gasteiger partial charge in [0.05, 0.1) is 6.26 Å². The lowest BCUT2D eigenvalue weighted by Gasteiger charge is -2.35. The molecule has 7 nitrogen and oxygen atoms in total. The van der Waals surface area contributed by atoms with Gasteiger partial charge < -0.3 is 25.5 Å². The number of aliphatic imine (C=N–C) groups is 1. The van der Waals surface area contributed by atoms with Gasteiger partial charge in [-0.05, 0) is 51.0 Å². The van der Waals surface area contributed by atoms with Gasteiger partial charge in [0.1, 0.15) is 0 Å². The first-order valence-electron chi connectivity index (χ1n) is 10.6. The van der Waals surface area contributed by atoms with Gasteiger partial charge in [0.2, 0.25) is 0 Å². The van der Waals surface area contributed by atoms with Gasteiger partial charge in [-0.15, -0.1) is 24.0 Å². The molecule has 166 valence electrons. The highest BCUT2D eigenvalue weighted by atomic mass is 127. The first-order chi connectivity index (χ1) is 13.6. The molecule has 0 radical (unpaired) electrons. The lowest BCUT2D eigenvalue weighted by Crippen LogP contribution is -2.40. The zero-order valence-corrected chi connectivity index (χ0v) is 20.1. The molecule has 1 aromatic heterocycles. The van der Waals surface area contributed by atoms with Gasteiger partial charge in [0.15, 0.2) is 11.7 Å². The predicted molar refractivity (Wildman–Crippen MR) is 127 cm³/mol. The fraction of sp³-hybridized carbons (Fsp3) is 0.714. The van der Waals surface area contributed by atoms with Crippen molar-refractivity contribution in [1.29, 1.82) is 0 Å². The summed E-state index contributed by atoms with van der Waals surface area (Å²) in [4.78, 5) is 16.8. The highest BCUT2D eigenvalue weighted by Gasteiger charge is 2.31. The molecule has 1 aliphatic rings. The van der Waals surface area contributed by atoms with Crippen molar-refractivity contribution in [2.75, 3.05) is 32.8 Å². The average molecular weight is 520 g/mol. The number of hydrogen-bond acceptors (Lipinski definition) is 4. The average Bonchev–Trinajstić information content (AvgIpc) is 3.12. The van der Waals surface area contributed by atoms with Gasteiger partial charge in [0.25, 0.3) is 5.91 Å². The van der Waals surface area contributed by atoms with Crippen molar-refractivity contribution >= 4 is 35.8 Å². The van der Waals surface area contributed by atoms with Crippen molar-refractivity contribution < 1.29 is 14.3 Å². The van der Waals surface area contributed by atoms with Crippen LogP contribution < -0.4 is 16.0 Å². The minimum atomic E-state index is -0.175. The summed E-state index contributed by atoms with van der Waals surface area (Å²) >= 11 is 0. The number of halogens is 1. The molecule has 0 spiro atoms. The summed E-state index contributed by atoms with van der Waals surface area (Å²) in [6, 6.07) is 1.78. The molecule has 1 saturated carbocycles. The van der Waals surface area contributed by atoms with Gasteiger partial charge in [0, 0.05) is 38.3 Å². The Morgan fingerprint density at radius 2 is 1.93 bits per heavy atom. The predicted octanol–water partition coefficient (Wildman–Crippen LogP) is 3.21. The number of guanidine groups is 1. The second kappa shape index (κ2) is 13.8. The van der Waals surface area contributed by atoms with Crippen molar-refractivity contribution in [2.24, 2.45) is 10.4 Å². The Hall–Kier alpha value is -1.29. The number of carbonyl (C=O) groups excluding carboxylic acids is 1. The van der Waals surface area contributed by atoms with Crippen molar-refractivity contribution in [1.82, 2.24) is 16.0 Å². The standard InChI is InChI=1S/C21H36N4O3.HI/c1-3-22-20(25-16-21(11-14-26)9-5-4-6-10-21)24-13-7-12-23-19(27)18-17(2)8-15-28-18;/h8,15,26H,3-7,9-14,16H2,1-2H3,(H,23,27)(H2,22,24,25);1H. The minimum absolute atomic E-state index is 0. The molecule has 2 rings (SSSR count). The smallest absolute Gasteiger partial charge is 0.287 e. The largest absolute Gasteiger partial charge is 0.459 e. The van der Waals surface area contributed by atoms with E-state index in [-0.39, 0.29) is 41.9 Å². The number of aliphatic hydroxyl groups excluding tert-OH is 1. The summed E-state index contributed by atoms with van der Waals surface area (Å²) < 4.78 is 5.20. The monoisotopic (exact) mass is 520 g/mol. The van der Waals surface area contributed by atoms with Crippen LogP contribution in [0.1, 0.15) is 68.0 Å². The SMILES string of the molecule is CCNC(=NCC1(CCO)CCCCC1)NCCCNC(=O)c1occc1C.I. The molecule has 0 atom stereocenters. The molecule has 1 aromatic rings. The summed E-state index contributed by atoms with van der Waals surface area (Å²) in [5.74, 6) is 1.01. The third-order valence-electron chi connectivity index (χ3n) is 5.47. The van der Waals surface area contributed by atoms with Gasteiger partial charge in [-0.1, -0.05) is 19.3 Å². The van der Waals surface area contributed by atoms with E-state index in [4.69, 9.17) is 9.41 Å². The van der Waals surface area contributed by atoms with E-state index in [1.165, 1.54) is 25.5 Å². The number of nitrogens with one attached hydrogen (secondary N) is 3. The van der Waals surface area contributed by atoms with E-state index in [1.54, 1.807) is 6.07 Å². The van der Waals surface area contributed by atoms with E-state index < -0.39 is 0 Å². The van der Waals surface area contributed by atoms with E-state index in [0.717, 1.165) is 56.8 Å². The molecular weight excluding hydrogens is 483 g/mol. The maximum atomic E-state index is 12.0. The summed E-state index contributed by atoms with van der Waals surface area (Å²) in [7, 11) is 0. The summed E-state index contributed by atoms with van der Waals surface area (Å²) in [5, 5.41) is 19.0. The van der Waals surface area contributed by atoms with Crippen LogP contribution >= 0.6 is 24.0 Å². The Kier molecular flexibility index (Phi) is 12.3. The van der Waals surface area contributed by atoms with Crippen LogP contribution in [0.4, 0.5) is 0 Å². The molecular formula is C21H37IN4O3. The van der Waals surface area contributed by atoms with Crippen molar-refractivity contribution in [2.45, 2.75) is 58.8 Å². The third-order valence-corrected chi connectivity index (χ3v) is 5.47. The van der Waals surface area contributed by atoms with Crippen molar-refractivity contribution in [3.8, 4) is 0 Å². The second-order valence-electron chi connectivity index (χ2n) is 7.70. The molecule has 0 unspecified atom stereocenters. The Morgan fingerprint density at radius 3 is 2.55 bits per heavy atom. The molecule has 1 amide bonds. The zero-order valence-electron chi connectivity index (χ0n) is 17.8. The Morgan fingerprint density at radius 1 is 1.21 bits per heavy atom. The molecule has 0 bridgehead atoms. The van der Waals surface area contributed by atoms with Crippen LogP contribution in [-0.2, 0) is 0 Å². The topological polar surface area (TPSA) is 98.9 Å². The zero-order chi connectivity index (χ0) is 20.2. The lowest BCUT2D eigenvalue weighted by atomic mass is 9.72. The quantitative estimate of drug-likeness (QED) is 0.164. The maximum Gasteiger partial charge on any atom is 0.287 e. The molecule has 8 heteroatoms. The van der Waals surface area contributed by atoms with Crippen LogP contribution in [0.3, 0.4) is 0 Å². The Balaban J connectivity index is 0.00000420. The van der Waals surface area contributed by atoms with Crippen LogP contribution in [0.15, 0.2) is 21.7 Å². The Bertz CT molecular complexity index is 622. The van der Waals surface area contributed by atoms with Crippen molar-refractivity contribution in [3.63, 3.8) is 0 Å². The number of furan rings is 1. The number of aryl methyl sites for hydroxylation is 1. The van der Waals surface area contributed by atoms with E-state index in [1.807, 2.05) is 13.8 Å². The number of rotatable bonds is 10. The molecule has 29 heavy (non-hydrogen) atoms. The molecule has 4 N–H and O–H groups in total. The number of nitrogens with zero attached hydrogens (tertiary/aromatic N) is 1. The summed E-state index contributed by atoms with van der Waals surface area (Å²) in [6.45, 7) is 6.97. The fourth-order valence-corrected chi connectivity index (χ4v) is 3.80. The molecule has 0 aliphatic heterocycles. The van der Waals surface area contributed by atoms with Gasteiger partial charge >= 0.3 is 0 Å². The molecule has 1 fully saturated rings. The number of hydrogen-bond donors (Lipinski definition) is 4. The van der Waals surface area contributed by atoms with E-state index >= 15 is 0 Å².